The third-order valence-electron chi connectivity index (χ3n) is 2.89. The lowest BCUT2D eigenvalue weighted by Crippen LogP contribution is -2.32. The largest absolute Gasteiger partial charge is 0.467 e. The number of carbonyl (C=O) groups is 2. The van der Waals surface area contributed by atoms with E-state index in [2.05, 4.69) is 15.9 Å². The van der Waals surface area contributed by atoms with Crippen LogP contribution in [-0.2, 0) is 16.1 Å². The van der Waals surface area contributed by atoms with Crippen LogP contribution in [0.2, 0.25) is 0 Å². The Kier molecular flexibility index (Phi) is 5.83. The number of ether oxygens (including phenoxy) is 1. The lowest BCUT2D eigenvalue weighted by Gasteiger charge is -2.20. The van der Waals surface area contributed by atoms with Crippen LogP contribution in [0, 0.1) is 0 Å². The average Bonchev–Trinajstić information content (AvgIpc) is 3.14. The van der Waals surface area contributed by atoms with Crippen LogP contribution in [-0.4, -0.2) is 29.9 Å². The standard InChI is InChI=1S/C15H16BrNO5/c1-2-20-14(18)7-8-17(10-11-4-3-9-21-11)15(19)12-5-6-13(16)22-12/h3-6,9H,2,7-8,10H2,1H3. The van der Waals surface area contributed by atoms with Crippen molar-refractivity contribution in [3.05, 3.63) is 46.7 Å². The SMILES string of the molecule is CCOC(=O)CCN(Cc1ccco1)C(=O)c1ccc(Br)o1. The Morgan fingerprint density at radius 2 is 2.14 bits per heavy atom. The summed E-state index contributed by atoms with van der Waals surface area (Å²) in [5, 5.41) is 0. The van der Waals surface area contributed by atoms with Gasteiger partial charge in [-0.1, -0.05) is 0 Å². The number of furan rings is 2. The predicted molar refractivity (Wildman–Crippen MR) is 81.1 cm³/mol. The molecular weight excluding hydrogens is 354 g/mol. The Balaban J connectivity index is 2.06. The minimum Gasteiger partial charge on any atom is -0.467 e. The van der Waals surface area contributed by atoms with Gasteiger partial charge in [0.2, 0.25) is 0 Å². The van der Waals surface area contributed by atoms with E-state index in [1.165, 1.54) is 11.2 Å². The molecule has 7 heteroatoms. The Bertz CT molecular complexity index is 620. The van der Waals surface area contributed by atoms with Gasteiger partial charge in [0, 0.05) is 6.54 Å². The van der Waals surface area contributed by atoms with Crippen LogP contribution in [0.5, 0.6) is 0 Å². The third-order valence-corrected chi connectivity index (χ3v) is 3.32. The molecule has 0 aliphatic rings. The van der Waals surface area contributed by atoms with E-state index in [-0.39, 0.29) is 37.1 Å². The van der Waals surface area contributed by atoms with Crippen LogP contribution in [0.4, 0.5) is 0 Å². The molecule has 0 radical (unpaired) electrons. The highest BCUT2D eigenvalue weighted by molar-refractivity contribution is 9.10. The van der Waals surface area contributed by atoms with Crippen molar-refractivity contribution in [2.24, 2.45) is 0 Å². The van der Waals surface area contributed by atoms with Gasteiger partial charge in [-0.15, -0.1) is 0 Å². The molecule has 0 saturated carbocycles. The van der Waals surface area contributed by atoms with Gasteiger partial charge in [-0.05, 0) is 47.1 Å². The highest BCUT2D eigenvalue weighted by Gasteiger charge is 2.21. The number of nitrogens with zero attached hydrogens (tertiary/aromatic N) is 1. The van der Waals surface area contributed by atoms with Crippen LogP contribution in [0.25, 0.3) is 0 Å². The predicted octanol–water partition coefficient (Wildman–Crippen LogP) is 3.23. The molecule has 6 nitrogen and oxygen atoms in total. The van der Waals surface area contributed by atoms with E-state index in [4.69, 9.17) is 13.6 Å². The van der Waals surface area contributed by atoms with Crippen molar-refractivity contribution in [1.82, 2.24) is 4.90 Å². The zero-order chi connectivity index (χ0) is 15.9. The minimum absolute atomic E-state index is 0.113. The summed E-state index contributed by atoms with van der Waals surface area (Å²) in [5.74, 6) is 0.164. The van der Waals surface area contributed by atoms with Crippen LogP contribution < -0.4 is 0 Å². The second kappa shape index (κ2) is 7.84. The number of esters is 1. The van der Waals surface area contributed by atoms with Gasteiger partial charge in [0.25, 0.3) is 5.91 Å². The zero-order valence-corrected chi connectivity index (χ0v) is 13.7. The molecule has 2 heterocycles. The van der Waals surface area contributed by atoms with E-state index in [9.17, 15) is 9.59 Å². The van der Waals surface area contributed by atoms with Gasteiger partial charge < -0.3 is 18.5 Å². The summed E-state index contributed by atoms with van der Waals surface area (Å²) in [7, 11) is 0. The molecule has 0 atom stereocenters. The molecule has 0 saturated heterocycles. The first kappa shape index (κ1) is 16.4. The minimum atomic E-state index is -0.347. The molecule has 0 N–H and O–H groups in total. The van der Waals surface area contributed by atoms with E-state index in [0.717, 1.165) is 0 Å². The van der Waals surface area contributed by atoms with Crippen LogP contribution in [0.15, 0.2) is 44.0 Å². The van der Waals surface area contributed by atoms with Crippen molar-refractivity contribution >= 4 is 27.8 Å². The molecule has 2 aromatic rings. The first-order valence-corrected chi connectivity index (χ1v) is 7.62. The van der Waals surface area contributed by atoms with Gasteiger partial charge in [0.1, 0.15) is 5.76 Å². The number of hydrogen-bond donors (Lipinski definition) is 0. The summed E-state index contributed by atoms with van der Waals surface area (Å²) in [6.45, 7) is 2.53. The molecule has 2 rings (SSSR count). The van der Waals surface area contributed by atoms with Crippen molar-refractivity contribution < 1.29 is 23.2 Å². The number of carbonyl (C=O) groups excluding carboxylic acids is 2. The smallest absolute Gasteiger partial charge is 0.307 e. The van der Waals surface area contributed by atoms with Crippen molar-refractivity contribution in [1.29, 1.82) is 0 Å². The van der Waals surface area contributed by atoms with Crippen molar-refractivity contribution in [3.63, 3.8) is 0 Å². The van der Waals surface area contributed by atoms with E-state index in [1.807, 2.05) is 0 Å². The fourth-order valence-electron chi connectivity index (χ4n) is 1.89. The zero-order valence-electron chi connectivity index (χ0n) is 12.1. The first-order chi connectivity index (χ1) is 10.6. The molecule has 2 aromatic heterocycles. The normalized spacial score (nSPS) is 10.5. The Hall–Kier alpha value is -2.02. The Morgan fingerprint density at radius 1 is 1.32 bits per heavy atom. The maximum atomic E-state index is 12.5. The summed E-state index contributed by atoms with van der Waals surface area (Å²) in [5.41, 5.74) is 0. The van der Waals surface area contributed by atoms with Crippen LogP contribution in [0.3, 0.4) is 0 Å². The second-order valence-corrected chi connectivity index (χ2v) is 5.25. The Labute approximate surface area is 136 Å². The molecule has 0 unspecified atom stereocenters. The molecule has 0 aliphatic carbocycles. The number of rotatable bonds is 7. The lowest BCUT2D eigenvalue weighted by atomic mass is 10.3. The fourth-order valence-corrected chi connectivity index (χ4v) is 2.19. The summed E-state index contributed by atoms with van der Waals surface area (Å²) in [4.78, 5) is 25.5. The maximum Gasteiger partial charge on any atom is 0.307 e. The molecule has 0 fully saturated rings. The van der Waals surface area contributed by atoms with E-state index >= 15 is 0 Å². The molecule has 0 aliphatic heterocycles. The molecular formula is C15H16BrNO5. The van der Waals surface area contributed by atoms with Crippen molar-refractivity contribution in [3.8, 4) is 0 Å². The molecule has 118 valence electrons. The second-order valence-electron chi connectivity index (χ2n) is 4.46. The quantitative estimate of drug-likeness (QED) is 0.700. The fraction of sp³-hybridized carbons (Fsp3) is 0.333. The van der Waals surface area contributed by atoms with Gasteiger partial charge in [0.05, 0.1) is 25.8 Å². The molecule has 0 bridgehead atoms. The Morgan fingerprint density at radius 3 is 2.73 bits per heavy atom. The van der Waals surface area contributed by atoms with E-state index in [1.54, 1.807) is 31.2 Å². The van der Waals surface area contributed by atoms with Crippen LogP contribution in [0.1, 0.15) is 29.7 Å². The van der Waals surface area contributed by atoms with Crippen LogP contribution >= 0.6 is 15.9 Å². The summed E-state index contributed by atoms with van der Waals surface area (Å²) >= 11 is 3.16. The molecule has 0 aromatic carbocycles. The number of halogens is 1. The van der Waals surface area contributed by atoms with Gasteiger partial charge in [0.15, 0.2) is 10.4 Å². The molecule has 0 spiro atoms. The summed E-state index contributed by atoms with van der Waals surface area (Å²) in [6.07, 6.45) is 1.65. The summed E-state index contributed by atoms with van der Waals surface area (Å²) in [6, 6.07) is 6.73. The van der Waals surface area contributed by atoms with E-state index < -0.39 is 0 Å². The third kappa shape index (κ3) is 4.49. The lowest BCUT2D eigenvalue weighted by molar-refractivity contribution is -0.143. The average molecular weight is 370 g/mol. The molecule has 1 amide bonds. The maximum absolute atomic E-state index is 12.5. The van der Waals surface area contributed by atoms with Crippen molar-refractivity contribution in [2.45, 2.75) is 19.9 Å². The van der Waals surface area contributed by atoms with Gasteiger partial charge in [-0.3, -0.25) is 9.59 Å². The monoisotopic (exact) mass is 369 g/mol. The van der Waals surface area contributed by atoms with Gasteiger partial charge in [-0.2, -0.15) is 0 Å². The van der Waals surface area contributed by atoms with Gasteiger partial charge in [-0.25, -0.2) is 0 Å². The number of amides is 1. The van der Waals surface area contributed by atoms with E-state index in [0.29, 0.717) is 17.0 Å². The highest BCUT2D eigenvalue weighted by Crippen LogP contribution is 2.17. The highest BCUT2D eigenvalue weighted by atomic mass is 79.9. The van der Waals surface area contributed by atoms with Crippen molar-refractivity contribution in [2.75, 3.05) is 13.2 Å². The first-order valence-electron chi connectivity index (χ1n) is 6.82. The molecule has 22 heavy (non-hydrogen) atoms. The topological polar surface area (TPSA) is 72.9 Å². The van der Waals surface area contributed by atoms with Gasteiger partial charge >= 0.3 is 5.97 Å². The number of hydrogen-bond acceptors (Lipinski definition) is 5. The summed E-state index contributed by atoms with van der Waals surface area (Å²) < 4.78 is 15.9.